The van der Waals surface area contributed by atoms with Crippen LogP contribution in [0.3, 0.4) is 0 Å². The van der Waals surface area contributed by atoms with E-state index in [0.29, 0.717) is 35.6 Å². The molecule has 1 aliphatic rings. The molecule has 0 unspecified atom stereocenters. The van der Waals surface area contributed by atoms with E-state index in [2.05, 4.69) is 20.0 Å². The number of hydrogen-bond acceptors (Lipinski definition) is 5. The summed E-state index contributed by atoms with van der Waals surface area (Å²) in [5.74, 6) is -0.959. The number of fused-ring (bicyclic) bond motifs is 3. The lowest BCUT2D eigenvalue weighted by Gasteiger charge is -2.24. The van der Waals surface area contributed by atoms with Crippen molar-refractivity contribution in [1.29, 1.82) is 0 Å². The van der Waals surface area contributed by atoms with Crippen molar-refractivity contribution < 1.29 is 27.5 Å². The normalized spacial score (nSPS) is 12.7. The van der Waals surface area contributed by atoms with Crippen molar-refractivity contribution in [3.8, 4) is 17.0 Å². The van der Waals surface area contributed by atoms with E-state index in [1.54, 1.807) is 36.2 Å². The molecule has 0 saturated heterocycles. The number of carbonyl (C=O) groups is 2. The summed E-state index contributed by atoms with van der Waals surface area (Å²) in [6.45, 7) is 3.97. The van der Waals surface area contributed by atoms with Gasteiger partial charge in [0.15, 0.2) is 0 Å². The van der Waals surface area contributed by atoms with Gasteiger partial charge in [0.2, 0.25) is 0 Å². The predicted molar refractivity (Wildman–Crippen MR) is 140 cm³/mol. The van der Waals surface area contributed by atoms with Crippen molar-refractivity contribution in [2.75, 3.05) is 16.8 Å². The molecule has 4 aromatic rings. The van der Waals surface area contributed by atoms with Crippen molar-refractivity contribution in [2.45, 2.75) is 26.6 Å². The highest BCUT2D eigenvalue weighted by Crippen LogP contribution is 2.36. The Morgan fingerprint density at radius 1 is 0.974 bits per heavy atom. The third kappa shape index (κ3) is 5.45. The molecule has 1 aromatic heterocycles. The lowest BCUT2D eigenvalue weighted by atomic mass is 10.0. The number of aromatic nitrogens is 2. The van der Waals surface area contributed by atoms with Crippen molar-refractivity contribution in [3.05, 3.63) is 101 Å². The fourth-order valence-electron chi connectivity index (χ4n) is 4.58. The van der Waals surface area contributed by atoms with Gasteiger partial charge in [0.05, 0.1) is 16.9 Å². The Balaban J connectivity index is 1.40. The van der Waals surface area contributed by atoms with Crippen molar-refractivity contribution in [2.24, 2.45) is 0 Å². The average Bonchev–Trinajstić information content (AvgIpc) is 3.05. The van der Waals surface area contributed by atoms with Gasteiger partial charge in [0.1, 0.15) is 11.6 Å². The van der Waals surface area contributed by atoms with Crippen LogP contribution in [0.25, 0.3) is 11.3 Å². The van der Waals surface area contributed by atoms with Crippen molar-refractivity contribution in [1.82, 2.24) is 9.97 Å². The van der Waals surface area contributed by atoms with Crippen LogP contribution in [0.15, 0.2) is 72.9 Å². The van der Waals surface area contributed by atoms with Gasteiger partial charge in [-0.05, 0) is 67.8 Å². The Labute approximate surface area is 222 Å². The molecule has 39 heavy (non-hydrogen) atoms. The molecule has 2 amide bonds. The molecule has 3 aromatic carbocycles. The van der Waals surface area contributed by atoms with Crippen LogP contribution >= 0.6 is 0 Å². The second kappa shape index (κ2) is 10.2. The first-order chi connectivity index (χ1) is 18.6. The number of nitrogens with one attached hydrogen (secondary N) is 1. The molecular formula is C29H23F3N4O3. The molecule has 198 valence electrons. The van der Waals surface area contributed by atoms with Crippen molar-refractivity contribution in [3.63, 3.8) is 0 Å². The number of halogens is 3. The fraction of sp³-hybridized carbons (Fsp3) is 0.172. The number of rotatable bonds is 4. The third-order valence-corrected chi connectivity index (χ3v) is 6.36. The van der Waals surface area contributed by atoms with Crippen LogP contribution in [0.2, 0.25) is 0 Å². The number of carbonyl (C=O) groups excluding carboxylic acids is 2. The highest BCUT2D eigenvalue weighted by atomic mass is 19.4. The fourth-order valence-corrected chi connectivity index (χ4v) is 4.58. The average molecular weight is 533 g/mol. The lowest BCUT2D eigenvalue weighted by molar-refractivity contribution is -0.274. The summed E-state index contributed by atoms with van der Waals surface area (Å²) in [5.41, 5.74) is 4.40. The van der Waals surface area contributed by atoms with E-state index in [-0.39, 0.29) is 11.5 Å². The van der Waals surface area contributed by atoms with Crippen LogP contribution in [0.1, 0.15) is 37.7 Å². The molecule has 0 fully saturated rings. The number of para-hydroxylation sites is 2. The van der Waals surface area contributed by atoms with E-state index in [9.17, 15) is 22.8 Å². The van der Waals surface area contributed by atoms with Gasteiger partial charge in [0.25, 0.3) is 11.8 Å². The zero-order valence-corrected chi connectivity index (χ0v) is 21.0. The van der Waals surface area contributed by atoms with Gasteiger partial charge in [-0.25, -0.2) is 9.97 Å². The van der Waals surface area contributed by atoms with Crippen LogP contribution in [-0.2, 0) is 6.42 Å². The first kappa shape index (κ1) is 25.9. The first-order valence-corrected chi connectivity index (χ1v) is 12.1. The van der Waals surface area contributed by atoms with E-state index < -0.39 is 18.0 Å². The molecule has 0 atom stereocenters. The van der Waals surface area contributed by atoms with Crippen LogP contribution in [0.4, 0.5) is 24.5 Å². The number of hydrogen-bond donors (Lipinski definition) is 1. The predicted octanol–water partition coefficient (Wildman–Crippen LogP) is 6.11. The minimum absolute atomic E-state index is 0.223. The van der Waals surface area contributed by atoms with Crippen LogP contribution in [0, 0.1) is 13.8 Å². The quantitative estimate of drug-likeness (QED) is 0.343. The number of benzene rings is 3. The molecule has 7 nitrogen and oxygen atoms in total. The zero-order chi connectivity index (χ0) is 27.7. The van der Waals surface area contributed by atoms with E-state index >= 15 is 0 Å². The Bertz CT molecular complexity index is 1590. The van der Waals surface area contributed by atoms with E-state index in [4.69, 9.17) is 0 Å². The Kier molecular flexibility index (Phi) is 6.78. The highest BCUT2D eigenvalue weighted by molar-refractivity contribution is 6.10. The van der Waals surface area contributed by atoms with Gasteiger partial charge in [-0.1, -0.05) is 30.3 Å². The lowest BCUT2D eigenvalue weighted by Crippen LogP contribution is -2.33. The summed E-state index contributed by atoms with van der Waals surface area (Å²) in [4.78, 5) is 37.2. The summed E-state index contributed by atoms with van der Waals surface area (Å²) in [6.07, 6.45) is -2.57. The Hall–Kier alpha value is -4.73. The maximum Gasteiger partial charge on any atom is 0.573 e. The summed E-state index contributed by atoms with van der Waals surface area (Å²) in [7, 11) is 0. The third-order valence-electron chi connectivity index (χ3n) is 6.36. The molecule has 10 heteroatoms. The minimum atomic E-state index is -4.94. The topological polar surface area (TPSA) is 84.4 Å². The van der Waals surface area contributed by atoms with Gasteiger partial charge in [-0.2, -0.15) is 0 Å². The SMILES string of the molecule is Cc1ncc2c(n1)-c1ccccc1N(C(=O)c1ccc(NC(=O)c3ccccc3OC(F)(F)F)cc1C)CC2. The van der Waals surface area contributed by atoms with Crippen molar-refractivity contribution >= 4 is 23.2 Å². The molecular weight excluding hydrogens is 509 g/mol. The summed E-state index contributed by atoms with van der Waals surface area (Å²) in [5, 5.41) is 2.59. The van der Waals surface area contributed by atoms with E-state index in [1.807, 2.05) is 31.2 Å². The van der Waals surface area contributed by atoms with Crippen LogP contribution < -0.4 is 15.0 Å². The zero-order valence-electron chi connectivity index (χ0n) is 21.0. The van der Waals surface area contributed by atoms with Crippen LogP contribution in [-0.4, -0.2) is 34.7 Å². The largest absolute Gasteiger partial charge is 0.573 e. The molecule has 0 radical (unpaired) electrons. The Morgan fingerprint density at radius 3 is 2.49 bits per heavy atom. The Morgan fingerprint density at radius 2 is 1.72 bits per heavy atom. The van der Waals surface area contributed by atoms with Gasteiger partial charge >= 0.3 is 6.36 Å². The van der Waals surface area contributed by atoms with Gasteiger partial charge < -0.3 is 15.0 Å². The number of aryl methyl sites for hydroxylation is 2. The standard InChI is InChI=1S/C29H23F3N4O3/c1-17-15-20(35-27(37)23-8-4-6-10-25(23)39-29(30,31)32)11-12-21(17)28(38)36-14-13-19-16-33-18(2)34-26(19)22-7-3-5-9-24(22)36/h3-12,15-16H,13-14H2,1-2H3,(H,35,37). The molecule has 2 heterocycles. The monoisotopic (exact) mass is 532 g/mol. The molecule has 0 bridgehead atoms. The number of alkyl halides is 3. The molecule has 0 spiro atoms. The summed E-state index contributed by atoms with van der Waals surface area (Å²) < 4.78 is 42.2. The molecule has 0 aliphatic carbocycles. The molecule has 1 N–H and O–H groups in total. The summed E-state index contributed by atoms with van der Waals surface area (Å²) >= 11 is 0. The van der Waals surface area contributed by atoms with Crippen LogP contribution in [0.5, 0.6) is 5.75 Å². The minimum Gasteiger partial charge on any atom is -0.405 e. The number of anilines is 2. The maximum absolute atomic E-state index is 13.8. The smallest absolute Gasteiger partial charge is 0.405 e. The highest BCUT2D eigenvalue weighted by Gasteiger charge is 2.33. The van der Waals surface area contributed by atoms with Gasteiger partial charge in [0, 0.05) is 29.6 Å². The van der Waals surface area contributed by atoms with E-state index in [0.717, 1.165) is 28.6 Å². The van der Waals surface area contributed by atoms with E-state index in [1.165, 1.54) is 18.2 Å². The second-order valence-electron chi connectivity index (χ2n) is 9.04. The maximum atomic E-state index is 13.8. The second-order valence-corrected chi connectivity index (χ2v) is 9.04. The molecule has 1 aliphatic heterocycles. The molecule has 0 saturated carbocycles. The number of nitrogens with zero attached hydrogens (tertiary/aromatic N) is 3. The van der Waals surface area contributed by atoms with Gasteiger partial charge in [-0.15, -0.1) is 13.2 Å². The summed E-state index contributed by atoms with van der Waals surface area (Å²) in [6, 6.07) is 17.4. The number of ether oxygens (including phenoxy) is 1. The van der Waals surface area contributed by atoms with Gasteiger partial charge in [-0.3, -0.25) is 9.59 Å². The number of amides is 2. The first-order valence-electron chi connectivity index (χ1n) is 12.1. The molecule has 5 rings (SSSR count).